The number of nitrogens with one attached hydrogen (secondary N) is 1. The van der Waals surface area contributed by atoms with E-state index in [9.17, 15) is 9.90 Å². The van der Waals surface area contributed by atoms with Gasteiger partial charge in [-0.05, 0) is 36.4 Å². The molecule has 0 saturated heterocycles. The highest BCUT2D eigenvalue weighted by Crippen LogP contribution is 2.29. The summed E-state index contributed by atoms with van der Waals surface area (Å²) in [4.78, 5) is 11.5. The van der Waals surface area contributed by atoms with Crippen LogP contribution in [0.1, 0.15) is 24.7 Å². The fourth-order valence-corrected chi connectivity index (χ4v) is 2.52. The average molecular weight is 277 g/mol. The van der Waals surface area contributed by atoms with Gasteiger partial charge in [-0.3, -0.25) is 4.79 Å². The van der Waals surface area contributed by atoms with Crippen molar-refractivity contribution in [1.82, 2.24) is 5.32 Å². The van der Waals surface area contributed by atoms with Gasteiger partial charge in [-0.25, -0.2) is 0 Å². The van der Waals surface area contributed by atoms with Crippen LogP contribution >= 0.6 is 11.3 Å². The number of hydrogen-bond acceptors (Lipinski definition) is 4. The minimum atomic E-state index is -0.796. The van der Waals surface area contributed by atoms with Crippen molar-refractivity contribution in [1.29, 1.82) is 0 Å². The summed E-state index contributed by atoms with van der Waals surface area (Å²) in [5, 5.41) is 16.7. The highest BCUT2D eigenvalue weighted by molar-refractivity contribution is 7.08. The summed E-state index contributed by atoms with van der Waals surface area (Å²) >= 11 is 1.60. The van der Waals surface area contributed by atoms with Crippen molar-refractivity contribution in [3.8, 4) is 11.3 Å². The molecule has 100 valence electrons. The van der Waals surface area contributed by atoms with E-state index in [2.05, 4.69) is 5.32 Å². The van der Waals surface area contributed by atoms with Crippen LogP contribution in [0.25, 0.3) is 11.3 Å². The molecule has 1 amide bonds. The molecule has 2 aromatic rings. The zero-order chi connectivity index (χ0) is 13.2. The van der Waals surface area contributed by atoms with Crippen LogP contribution < -0.4 is 5.32 Å². The lowest BCUT2D eigenvalue weighted by molar-refractivity contribution is -0.122. The Labute approximate surface area is 115 Å². The normalized spacial score (nSPS) is 16.3. The molecule has 4 nitrogen and oxygen atoms in total. The van der Waals surface area contributed by atoms with Crippen molar-refractivity contribution in [3.63, 3.8) is 0 Å². The predicted octanol–water partition coefficient (Wildman–Crippen LogP) is 2.57. The molecule has 0 bridgehead atoms. The topological polar surface area (TPSA) is 62.5 Å². The lowest BCUT2D eigenvalue weighted by Crippen LogP contribution is -2.29. The van der Waals surface area contributed by atoms with Crippen LogP contribution in [0.3, 0.4) is 0 Å². The van der Waals surface area contributed by atoms with Crippen molar-refractivity contribution in [2.24, 2.45) is 5.92 Å². The van der Waals surface area contributed by atoms with Gasteiger partial charge >= 0.3 is 0 Å². The Bertz CT molecular complexity index is 557. The van der Waals surface area contributed by atoms with Gasteiger partial charge in [0.25, 0.3) is 0 Å². The van der Waals surface area contributed by atoms with Crippen LogP contribution in [0, 0.1) is 5.92 Å². The summed E-state index contributed by atoms with van der Waals surface area (Å²) < 4.78 is 5.60. The Morgan fingerprint density at radius 3 is 3.00 bits per heavy atom. The molecular weight excluding hydrogens is 262 g/mol. The van der Waals surface area contributed by atoms with Gasteiger partial charge in [-0.15, -0.1) is 0 Å². The van der Waals surface area contributed by atoms with Gasteiger partial charge in [0.2, 0.25) is 5.91 Å². The Morgan fingerprint density at radius 1 is 1.47 bits per heavy atom. The zero-order valence-corrected chi connectivity index (χ0v) is 11.2. The van der Waals surface area contributed by atoms with E-state index in [0.29, 0.717) is 5.76 Å². The van der Waals surface area contributed by atoms with E-state index >= 15 is 0 Å². The fourth-order valence-electron chi connectivity index (χ4n) is 1.88. The number of carbonyl (C=O) groups is 1. The Morgan fingerprint density at radius 2 is 2.32 bits per heavy atom. The molecule has 2 N–H and O–H groups in total. The molecule has 2 aromatic heterocycles. The van der Waals surface area contributed by atoms with Gasteiger partial charge in [0, 0.05) is 16.9 Å². The Hall–Kier alpha value is -1.59. The maximum Gasteiger partial charge on any atom is 0.223 e. The van der Waals surface area contributed by atoms with Gasteiger partial charge < -0.3 is 14.8 Å². The highest BCUT2D eigenvalue weighted by atomic mass is 32.1. The monoisotopic (exact) mass is 277 g/mol. The summed E-state index contributed by atoms with van der Waals surface area (Å²) in [5.41, 5.74) is 1.01. The first-order valence-corrected chi connectivity index (χ1v) is 7.26. The first kappa shape index (κ1) is 12.4. The molecule has 1 atom stereocenters. The van der Waals surface area contributed by atoms with Crippen LogP contribution in [-0.2, 0) is 4.79 Å². The Kier molecular flexibility index (Phi) is 3.40. The number of thiophene rings is 1. The lowest BCUT2D eigenvalue weighted by atomic mass is 10.2. The number of furan rings is 1. The largest absolute Gasteiger partial charge is 0.458 e. The number of aliphatic hydroxyl groups is 1. The van der Waals surface area contributed by atoms with Crippen molar-refractivity contribution < 1.29 is 14.3 Å². The summed E-state index contributed by atoms with van der Waals surface area (Å²) in [6.45, 7) is 0.200. The van der Waals surface area contributed by atoms with Crippen LogP contribution in [0.5, 0.6) is 0 Å². The molecule has 1 aliphatic carbocycles. The third kappa shape index (κ3) is 2.88. The van der Waals surface area contributed by atoms with Gasteiger partial charge in [-0.1, -0.05) is 0 Å². The van der Waals surface area contributed by atoms with Gasteiger partial charge in [0.05, 0.1) is 6.54 Å². The average Bonchev–Trinajstić information content (AvgIpc) is 2.94. The van der Waals surface area contributed by atoms with Gasteiger partial charge in [0.1, 0.15) is 17.6 Å². The molecule has 19 heavy (non-hydrogen) atoms. The molecule has 3 rings (SSSR count). The summed E-state index contributed by atoms with van der Waals surface area (Å²) in [6.07, 6.45) is 1.13. The molecular formula is C14H15NO3S. The number of rotatable bonds is 5. The van der Waals surface area contributed by atoms with Crippen molar-refractivity contribution >= 4 is 17.2 Å². The second-order valence-electron chi connectivity index (χ2n) is 4.75. The third-order valence-electron chi connectivity index (χ3n) is 3.18. The molecule has 0 radical (unpaired) electrons. The molecule has 0 aliphatic heterocycles. The standard InChI is InChI=1S/C14H15NO3S/c16-11(7-15-14(17)9-1-2-9)13-4-3-12(18-13)10-5-6-19-8-10/h3-6,8-9,11,16H,1-2,7H2,(H,15,17)/t11-/m0/s1. The molecule has 0 spiro atoms. The second kappa shape index (κ2) is 5.19. The second-order valence-corrected chi connectivity index (χ2v) is 5.53. The van der Waals surface area contributed by atoms with E-state index in [1.54, 1.807) is 17.4 Å². The van der Waals surface area contributed by atoms with Crippen molar-refractivity contribution in [3.05, 3.63) is 34.7 Å². The van der Waals surface area contributed by atoms with E-state index in [1.807, 2.05) is 22.9 Å². The SMILES string of the molecule is O=C(NC[C@H](O)c1ccc(-c2ccsc2)o1)C1CC1. The molecule has 5 heteroatoms. The van der Waals surface area contributed by atoms with Crippen molar-refractivity contribution in [2.45, 2.75) is 18.9 Å². The van der Waals surface area contributed by atoms with Crippen LogP contribution in [0.2, 0.25) is 0 Å². The van der Waals surface area contributed by atoms with Crippen molar-refractivity contribution in [2.75, 3.05) is 6.54 Å². The minimum Gasteiger partial charge on any atom is -0.458 e. The summed E-state index contributed by atoms with van der Waals surface area (Å²) in [5.74, 6) is 1.41. The zero-order valence-electron chi connectivity index (χ0n) is 10.3. The fraction of sp³-hybridized carbons (Fsp3) is 0.357. The molecule has 1 saturated carbocycles. The highest BCUT2D eigenvalue weighted by Gasteiger charge is 2.29. The van der Waals surface area contributed by atoms with E-state index in [1.165, 1.54) is 0 Å². The molecule has 0 aromatic carbocycles. The predicted molar refractivity (Wildman–Crippen MR) is 72.7 cm³/mol. The summed E-state index contributed by atoms with van der Waals surface area (Å²) in [6, 6.07) is 5.55. The van der Waals surface area contributed by atoms with Gasteiger partial charge in [0.15, 0.2) is 0 Å². The molecule has 1 fully saturated rings. The van der Waals surface area contributed by atoms with E-state index in [0.717, 1.165) is 24.2 Å². The first-order chi connectivity index (χ1) is 9.24. The number of hydrogen-bond donors (Lipinski definition) is 2. The smallest absolute Gasteiger partial charge is 0.223 e. The number of aliphatic hydroxyl groups excluding tert-OH is 1. The molecule has 0 unspecified atom stereocenters. The number of amides is 1. The quantitative estimate of drug-likeness (QED) is 0.883. The third-order valence-corrected chi connectivity index (χ3v) is 3.86. The van der Waals surface area contributed by atoms with Crippen LogP contribution in [0.4, 0.5) is 0 Å². The first-order valence-electron chi connectivity index (χ1n) is 6.32. The van der Waals surface area contributed by atoms with E-state index in [-0.39, 0.29) is 18.4 Å². The minimum absolute atomic E-state index is 0.0312. The maximum absolute atomic E-state index is 11.5. The van der Waals surface area contributed by atoms with E-state index < -0.39 is 6.10 Å². The van der Waals surface area contributed by atoms with Crippen LogP contribution in [0.15, 0.2) is 33.4 Å². The maximum atomic E-state index is 11.5. The Balaban J connectivity index is 1.60. The van der Waals surface area contributed by atoms with E-state index in [4.69, 9.17) is 4.42 Å². The van der Waals surface area contributed by atoms with Crippen LogP contribution in [-0.4, -0.2) is 17.6 Å². The van der Waals surface area contributed by atoms with Gasteiger partial charge in [-0.2, -0.15) is 11.3 Å². The number of carbonyl (C=O) groups excluding carboxylic acids is 1. The molecule has 2 heterocycles. The molecule has 1 aliphatic rings. The summed E-state index contributed by atoms with van der Waals surface area (Å²) in [7, 11) is 0. The lowest BCUT2D eigenvalue weighted by Gasteiger charge is -2.09.